The lowest BCUT2D eigenvalue weighted by Crippen LogP contribution is -2.54. The van der Waals surface area contributed by atoms with E-state index in [2.05, 4.69) is 27.7 Å². The molecule has 0 N–H and O–H groups in total. The zero-order valence-electron chi connectivity index (χ0n) is 18.6. The summed E-state index contributed by atoms with van der Waals surface area (Å²) in [5, 5.41) is 18.1. The van der Waals surface area contributed by atoms with Gasteiger partial charge in [0.2, 0.25) is 5.91 Å². The summed E-state index contributed by atoms with van der Waals surface area (Å²) >= 11 is 0. The third-order valence-corrected chi connectivity index (χ3v) is 6.08. The average Bonchev–Trinajstić information content (AvgIpc) is 3.67. The molecule has 3 heterocycles. The zero-order chi connectivity index (χ0) is 22.7. The Morgan fingerprint density at radius 3 is 2.84 bits per heavy atom. The molecule has 0 spiro atoms. The van der Waals surface area contributed by atoms with Crippen LogP contribution in [0.15, 0.2) is 24.9 Å². The van der Waals surface area contributed by atoms with Gasteiger partial charge in [-0.05, 0) is 38.0 Å². The smallest absolute Gasteiger partial charge is 0.225 e. The number of aromatic nitrogens is 3. The van der Waals surface area contributed by atoms with Crippen molar-refractivity contribution < 1.29 is 9.53 Å². The van der Waals surface area contributed by atoms with Crippen LogP contribution in [-0.2, 0) is 9.53 Å². The fourth-order valence-corrected chi connectivity index (χ4v) is 4.22. The number of rotatable bonds is 7. The minimum Gasteiger partial charge on any atom is -0.384 e. The van der Waals surface area contributed by atoms with Gasteiger partial charge in [0.15, 0.2) is 0 Å². The predicted octanol–water partition coefficient (Wildman–Crippen LogP) is 3.00. The SMILES string of the molecule is C=Cc1cc(-c2cc(C#N)c(N3CCN(C(=O)CCOC)[C@H](C)C3)nc2C2CC2)cnn1. The van der Waals surface area contributed by atoms with Crippen molar-refractivity contribution in [3.8, 4) is 17.2 Å². The number of hydrogen-bond donors (Lipinski definition) is 0. The number of ether oxygens (including phenoxy) is 1. The van der Waals surface area contributed by atoms with Gasteiger partial charge in [0.05, 0.1) is 36.2 Å². The maximum absolute atomic E-state index is 12.5. The number of piperazine rings is 1. The van der Waals surface area contributed by atoms with Crippen molar-refractivity contribution in [2.75, 3.05) is 38.3 Å². The molecule has 0 unspecified atom stereocenters. The highest BCUT2D eigenvalue weighted by molar-refractivity contribution is 5.77. The van der Waals surface area contributed by atoms with Gasteiger partial charge in [-0.2, -0.15) is 15.5 Å². The number of amides is 1. The Labute approximate surface area is 188 Å². The fraction of sp³-hybridized carbons (Fsp3) is 0.458. The molecule has 0 radical (unpaired) electrons. The van der Waals surface area contributed by atoms with Crippen LogP contribution in [0.2, 0.25) is 0 Å². The molecule has 1 amide bonds. The quantitative estimate of drug-likeness (QED) is 0.664. The largest absolute Gasteiger partial charge is 0.384 e. The van der Waals surface area contributed by atoms with Crippen LogP contribution >= 0.6 is 0 Å². The summed E-state index contributed by atoms with van der Waals surface area (Å²) in [5.74, 6) is 1.20. The molecule has 166 valence electrons. The van der Waals surface area contributed by atoms with Gasteiger partial charge < -0.3 is 14.5 Å². The van der Waals surface area contributed by atoms with Crippen molar-refractivity contribution in [2.24, 2.45) is 0 Å². The highest BCUT2D eigenvalue weighted by Gasteiger charge is 2.33. The monoisotopic (exact) mass is 432 g/mol. The van der Waals surface area contributed by atoms with E-state index >= 15 is 0 Å². The first-order valence-corrected chi connectivity index (χ1v) is 11.0. The molecule has 4 rings (SSSR count). The van der Waals surface area contributed by atoms with Crippen LogP contribution < -0.4 is 4.90 Å². The molecule has 8 heteroatoms. The third-order valence-electron chi connectivity index (χ3n) is 6.08. The number of carbonyl (C=O) groups is 1. The van der Waals surface area contributed by atoms with Crippen molar-refractivity contribution in [3.63, 3.8) is 0 Å². The molecule has 1 atom stereocenters. The van der Waals surface area contributed by atoms with Crippen LogP contribution in [0.3, 0.4) is 0 Å². The van der Waals surface area contributed by atoms with E-state index in [4.69, 9.17) is 9.72 Å². The normalized spacial score (nSPS) is 18.3. The predicted molar refractivity (Wildman–Crippen MR) is 122 cm³/mol. The first-order valence-electron chi connectivity index (χ1n) is 11.0. The Hall–Kier alpha value is -3.31. The van der Waals surface area contributed by atoms with Crippen LogP contribution in [0.5, 0.6) is 0 Å². The molecule has 2 aromatic heterocycles. The lowest BCUT2D eigenvalue weighted by Gasteiger charge is -2.41. The van der Waals surface area contributed by atoms with Crippen LogP contribution in [0.4, 0.5) is 5.82 Å². The van der Waals surface area contributed by atoms with Gasteiger partial charge in [-0.25, -0.2) is 4.98 Å². The summed E-state index contributed by atoms with van der Waals surface area (Å²) in [5.41, 5.74) is 4.07. The standard InChI is InChI=1S/C24H28N6O2/c1-4-20-11-19(14-26-28-20)21-12-18(13-25)24(27-23(21)17-5-6-17)29-8-9-30(16(2)15-29)22(31)7-10-32-3/h4,11-12,14,16-17H,1,5-10,15H2,2-3H3/t16-/m1/s1. The van der Waals surface area contributed by atoms with E-state index in [-0.39, 0.29) is 11.9 Å². The van der Waals surface area contributed by atoms with Gasteiger partial charge >= 0.3 is 0 Å². The Bertz CT molecular complexity index is 1060. The summed E-state index contributed by atoms with van der Waals surface area (Å²) in [6.07, 6.45) is 5.95. The van der Waals surface area contributed by atoms with Gasteiger partial charge in [0.1, 0.15) is 11.9 Å². The molecule has 0 aromatic carbocycles. The lowest BCUT2D eigenvalue weighted by atomic mass is 10.00. The molecule has 1 saturated carbocycles. The van der Waals surface area contributed by atoms with Gasteiger partial charge in [-0.3, -0.25) is 4.79 Å². The molecular weight excluding hydrogens is 404 g/mol. The molecule has 2 fully saturated rings. The van der Waals surface area contributed by atoms with Crippen LogP contribution in [0.1, 0.15) is 49.1 Å². The van der Waals surface area contributed by atoms with E-state index in [1.54, 1.807) is 19.4 Å². The Balaban J connectivity index is 1.64. The number of pyridine rings is 1. The van der Waals surface area contributed by atoms with Crippen molar-refractivity contribution in [1.82, 2.24) is 20.1 Å². The molecule has 32 heavy (non-hydrogen) atoms. The molecule has 2 aliphatic rings. The van der Waals surface area contributed by atoms with E-state index in [0.29, 0.717) is 55.7 Å². The molecule has 1 saturated heterocycles. The summed E-state index contributed by atoms with van der Waals surface area (Å²) in [6.45, 7) is 8.13. The summed E-state index contributed by atoms with van der Waals surface area (Å²) in [4.78, 5) is 21.5. The van der Waals surface area contributed by atoms with Gasteiger partial charge in [0, 0.05) is 49.8 Å². The second kappa shape index (κ2) is 9.45. The number of methoxy groups -OCH3 is 1. The van der Waals surface area contributed by atoms with Gasteiger partial charge in [0.25, 0.3) is 0 Å². The molecule has 0 bridgehead atoms. The molecule has 1 aliphatic carbocycles. The second-order valence-electron chi connectivity index (χ2n) is 8.38. The fourth-order valence-electron chi connectivity index (χ4n) is 4.22. The van der Waals surface area contributed by atoms with Crippen molar-refractivity contribution in [2.45, 2.75) is 38.1 Å². The summed E-state index contributed by atoms with van der Waals surface area (Å²) < 4.78 is 5.05. The number of anilines is 1. The third kappa shape index (κ3) is 4.48. The number of nitrogens with zero attached hydrogens (tertiary/aromatic N) is 6. The number of hydrogen-bond acceptors (Lipinski definition) is 7. The Morgan fingerprint density at radius 2 is 2.19 bits per heavy atom. The van der Waals surface area contributed by atoms with E-state index in [9.17, 15) is 10.1 Å². The lowest BCUT2D eigenvalue weighted by molar-refractivity contribution is -0.134. The first kappa shape index (κ1) is 21.9. The van der Waals surface area contributed by atoms with Gasteiger partial charge in [-0.15, -0.1) is 0 Å². The molecule has 1 aliphatic heterocycles. The van der Waals surface area contributed by atoms with Crippen molar-refractivity contribution in [3.05, 3.63) is 41.9 Å². The summed E-state index contributed by atoms with van der Waals surface area (Å²) in [6, 6.07) is 6.23. The van der Waals surface area contributed by atoms with Crippen molar-refractivity contribution >= 4 is 17.8 Å². The van der Waals surface area contributed by atoms with Crippen molar-refractivity contribution in [1.29, 1.82) is 5.26 Å². The first-order chi connectivity index (χ1) is 15.5. The average molecular weight is 433 g/mol. The molecular formula is C24H28N6O2. The number of carbonyl (C=O) groups excluding carboxylic acids is 1. The highest BCUT2D eigenvalue weighted by Crippen LogP contribution is 2.45. The van der Waals surface area contributed by atoms with E-state index in [0.717, 1.165) is 29.7 Å². The van der Waals surface area contributed by atoms with Crippen LogP contribution in [-0.4, -0.2) is 65.4 Å². The maximum Gasteiger partial charge on any atom is 0.225 e. The number of nitriles is 1. The minimum absolute atomic E-state index is 0.0325. The molecule has 8 nitrogen and oxygen atoms in total. The minimum atomic E-state index is 0.0325. The Kier molecular flexibility index (Phi) is 6.47. The molecule has 2 aromatic rings. The summed E-state index contributed by atoms with van der Waals surface area (Å²) in [7, 11) is 1.60. The van der Waals surface area contributed by atoms with E-state index in [1.807, 2.05) is 24.0 Å². The van der Waals surface area contributed by atoms with Crippen LogP contribution in [0, 0.1) is 11.3 Å². The highest BCUT2D eigenvalue weighted by atomic mass is 16.5. The van der Waals surface area contributed by atoms with Gasteiger partial charge in [-0.1, -0.05) is 6.58 Å². The second-order valence-corrected chi connectivity index (χ2v) is 8.38. The Morgan fingerprint density at radius 1 is 1.38 bits per heavy atom. The maximum atomic E-state index is 12.5. The van der Waals surface area contributed by atoms with Crippen LogP contribution in [0.25, 0.3) is 17.2 Å². The zero-order valence-corrected chi connectivity index (χ0v) is 18.6. The topological polar surface area (TPSA) is 95.2 Å². The van der Waals surface area contributed by atoms with E-state index in [1.165, 1.54) is 0 Å². The van der Waals surface area contributed by atoms with E-state index < -0.39 is 0 Å².